The summed E-state index contributed by atoms with van der Waals surface area (Å²) in [5.74, 6) is 0. The van der Waals surface area contributed by atoms with Gasteiger partial charge in [-0.05, 0) is 64.6 Å². The van der Waals surface area contributed by atoms with Crippen LogP contribution in [0.4, 0.5) is 0 Å². The minimum absolute atomic E-state index is 0.658. The van der Waals surface area contributed by atoms with E-state index >= 15 is 0 Å². The molecule has 0 spiro atoms. The standard InChI is InChI=1S/C26H52N2O3Si2/c1-8-27(9-2)32(28(10-3)11-4,26-22-18-17-19-23-26)24-20-15-16-21-25-33(29-12-5,30-13-6)31-14-7/h17-19,22-23H,8-16,20-21,24-25H2,1-7H3. The predicted molar refractivity (Wildman–Crippen MR) is 146 cm³/mol. The van der Waals surface area contributed by atoms with Crippen molar-refractivity contribution in [2.75, 3.05) is 46.0 Å². The van der Waals surface area contributed by atoms with E-state index in [0.717, 1.165) is 38.6 Å². The average molecular weight is 497 g/mol. The summed E-state index contributed by atoms with van der Waals surface area (Å²) in [5.41, 5.74) is 0. The smallest absolute Gasteiger partial charge is 0.374 e. The van der Waals surface area contributed by atoms with Gasteiger partial charge < -0.3 is 22.4 Å². The maximum absolute atomic E-state index is 6.04. The Kier molecular flexibility index (Phi) is 15.7. The zero-order valence-corrected chi connectivity index (χ0v) is 24.7. The van der Waals surface area contributed by atoms with Gasteiger partial charge >= 0.3 is 8.80 Å². The highest BCUT2D eigenvalue weighted by Crippen LogP contribution is 2.26. The van der Waals surface area contributed by atoms with Gasteiger partial charge in [-0.25, -0.2) is 0 Å². The van der Waals surface area contributed by atoms with E-state index in [-0.39, 0.29) is 0 Å². The van der Waals surface area contributed by atoms with Crippen molar-refractivity contribution in [2.24, 2.45) is 0 Å². The van der Waals surface area contributed by atoms with Gasteiger partial charge in [0.05, 0.1) is 0 Å². The fraction of sp³-hybridized carbons (Fsp3) is 0.769. The summed E-state index contributed by atoms with van der Waals surface area (Å²) < 4.78 is 23.7. The van der Waals surface area contributed by atoms with Crippen LogP contribution in [0.1, 0.15) is 74.1 Å². The molecule has 0 N–H and O–H groups in total. The van der Waals surface area contributed by atoms with E-state index in [0.29, 0.717) is 19.8 Å². The van der Waals surface area contributed by atoms with Crippen molar-refractivity contribution in [3.63, 3.8) is 0 Å². The van der Waals surface area contributed by atoms with Gasteiger partial charge in [-0.2, -0.15) is 0 Å². The van der Waals surface area contributed by atoms with E-state index in [4.69, 9.17) is 13.3 Å². The number of hydrogen-bond donors (Lipinski definition) is 0. The maximum Gasteiger partial charge on any atom is 0.500 e. The minimum atomic E-state index is -2.51. The fourth-order valence-corrected chi connectivity index (χ4v) is 13.6. The molecule has 1 aromatic carbocycles. The highest BCUT2D eigenvalue weighted by Gasteiger charge is 2.44. The van der Waals surface area contributed by atoms with Crippen LogP contribution in [0.5, 0.6) is 0 Å². The highest BCUT2D eigenvalue weighted by molar-refractivity contribution is 6.87. The molecule has 0 aliphatic heterocycles. The van der Waals surface area contributed by atoms with E-state index in [1.54, 1.807) is 5.19 Å². The number of benzene rings is 1. The lowest BCUT2D eigenvalue weighted by molar-refractivity contribution is 0.0706. The predicted octanol–water partition coefficient (Wildman–Crippen LogP) is 5.63. The van der Waals surface area contributed by atoms with Crippen molar-refractivity contribution >= 4 is 22.4 Å². The Hall–Kier alpha value is -0.546. The first-order valence-electron chi connectivity index (χ1n) is 13.5. The summed E-state index contributed by atoms with van der Waals surface area (Å²) in [6.07, 6.45) is 4.83. The zero-order valence-electron chi connectivity index (χ0n) is 22.7. The van der Waals surface area contributed by atoms with Crippen molar-refractivity contribution < 1.29 is 13.3 Å². The van der Waals surface area contributed by atoms with E-state index < -0.39 is 17.2 Å². The van der Waals surface area contributed by atoms with E-state index in [1.807, 2.05) is 20.8 Å². The Morgan fingerprint density at radius 2 is 1.00 bits per heavy atom. The summed E-state index contributed by atoms with van der Waals surface area (Å²) >= 11 is 0. The lowest BCUT2D eigenvalue weighted by Crippen LogP contribution is -2.72. The van der Waals surface area contributed by atoms with Crippen molar-refractivity contribution in [3.8, 4) is 0 Å². The third-order valence-corrected chi connectivity index (χ3v) is 15.5. The normalized spacial score (nSPS) is 12.8. The first-order valence-corrected chi connectivity index (χ1v) is 17.5. The Morgan fingerprint density at radius 3 is 1.39 bits per heavy atom. The Labute approximate surface area is 207 Å². The molecule has 0 saturated heterocycles. The Bertz CT molecular complexity index is 569. The molecule has 0 aliphatic carbocycles. The Morgan fingerprint density at radius 1 is 0.576 bits per heavy atom. The van der Waals surface area contributed by atoms with Gasteiger partial charge in [0.2, 0.25) is 8.40 Å². The van der Waals surface area contributed by atoms with Gasteiger partial charge in [0, 0.05) is 25.9 Å². The van der Waals surface area contributed by atoms with E-state index in [9.17, 15) is 0 Å². The van der Waals surface area contributed by atoms with Gasteiger partial charge in [0.25, 0.3) is 0 Å². The molecule has 33 heavy (non-hydrogen) atoms. The van der Waals surface area contributed by atoms with E-state index in [2.05, 4.69) is 67.2 Å². The fourth-order valence-electron chi connectivity index (χ4n) is 5.29. The molecule has 0 fully saturated rings. The molecule has 7 heteroatoms. The molecule has 0 saturated carbocycles. The zero-order chi connectivity index (χ0) is 24.6. The number of hydrogen-bond acceptors (Lipinski definition) is 5. The van der Waals surface area contributed by atoms with Gasteiger partial charge in [0.1, 0.15) is 0 Å². The molecular weight excluding hydrogens is 444 g/mol. The van der Waals surface area contributed by atoms with Crippen LogP contribution in [0, 0.1) is 0 Å². The second kappa shape index (κ2) is 17.0. The molecule has 0 aliphatic rings. The third kappa shape index (κ3) is 8.56. The molecule has 0 unspecified atom stereocenters. The van der Waals surface area contributed by atoms with Crippen LogP contribution >= 0.6 is 0 Å². The van der Waals surface area contributed by atoms with Crippen molar-refractivity contribution in [3.05, 3.63) is 30.3 Å². The van der Waals surface area contributed by atoms with Crippen molar-refractivity contribution in [1.29, 1.82) is 0 Å². The lowest BCUT2D eigenvalue weighted by Gasteiger charge is -2.48. The van der Waals surface area contributed by atoms with Crippen molar-refractivity contribution in [2.45, 2.75) is 86.2 Å². The van der Waals surface area contributed by atoms with E-state index in [1.165, 1.54) is 25.3 Å². The van der Waals surface area contributed by atoms with Gasteiger partial charge in [-0.1, -0.05) is 77.3 Å². The molecule has 1 rings (SSSR count). The summed E-state index contributed by atoms with van der Waals surface area (Å²) in [5, 5.41) is 1.56. The molecular formula is C26H52N2O3Si2. The van der Waals surface area contributed by atoms with Gasteiger partial charge in [-0.3, -0.25) is 0 Å². The van der Waals surface area contributed by atoms with Crippen LogP contribution in [0.2, 0.25) is 12.1 Å². The second-order valence-corrected chi connectivity index (χ2v) is 15.1. The number of unbranched alkanes of at least 4 members (excludes halogenated alkanes) is 3. The maximum atomic E-state index is 6.04. The molecule has 0 bridgehead atoms. The molecule has 0 amide bonds. The number of rotatable bonds is 20. The second-order valence-electron chi connectivity index (χ2n) is 8.42. The van der Waals surface area contributed by atoms with Crippen LogP contribution in [0.15, 0.2) is 30.3 Å². The molecule has 0 radical (unpaired) electrons. The van der Waals surface area contributed by atoms with Crippen LogP contribution in [-0.4, -0.2) is 72.3 Å². The SMILES string of the molecule is CCO[Si](CCCCCC[Si](c1ccccc1)(N(CC)CC)N(CC)CC)(OCC)OCC. The molecule has 0 aromatic heterocycles. The average Bonchev–Trinajstić information content (AvgIpc) is 2.83. The van der Waals surface area contributed by atoms with Crippen molar-refractivity contribution in [1.82, 2.24) is 9.13 Å². The molecule has 192 valence electrons. The summed E-state index contributed by atoms with van der Waals surface area (Å²) in [6.45, 7) is 21.8. The quantitative estimate of drug-likeness (QED) is 0.173. The largest absolute Gasteiger partial charge is 0.500 e. The van der Waals surface area contributed by atoms with Gasteiger partial charge in [0.15, 0.2) is 0 Å². The van der Waals surface area contributed by atoms with Crippen LogP contribution < -0.4 is 5.19 Å². The lowest BCUT2D eigenvalue weighted by atomic mass is 10.2. The summed E-state index contributed by atoms with van der Waals surface area (Å²) in [6, 6.07) is 13.6. The molecule has 1 aromatic rings. The summed E-state index contributed by atoms with van der Waals surface area (Å²) in [7, 11) is -4.48. The topological polar surface area (TPSA) is 34.2 Å². The minimum Gasteiger partial charge on any atom is -0.374 e. The monoisotopic (exact) mass is 496 g/mol. The summed E-state index contributed by atoms with van der Waals surface area (Å²) in [4.78, 5) is 0. The third-order valence-electron chi connectivity index (χ3n) is 6.66. The first kappa shape index (κ1) is 30.5. The highest BCUT2D eigenvalue weighted by atomic mass is 28.4. The Balaban J connectivity index is 2.90. The first-order chi connectivity index (χ1) is 16.0. The van der Waals surface area contributed by atoms with Crippen LogP contribution in [0.25, 0.3) is 0 Å². The molecule has 5 nitrogen and oxygen atoms in total. The number of nitrogens with zero attached hydrogens (tertiary/aromatic N) is 2. The van der Waals surface area contributed by atoms with Crippen LogP contribution in [0.3, 0.4) is 0 Å². The van der Waals surface area contributed by atoms with Gasteiger partial charge in [-0.15, -0.1) is 0 Å². The molecule has 0 atom stereocenters. The van der Waals surface area contributed by atoms with Crippen LogP contribution in [-0.2, 0) is 13.3 Å². The molecule has 0 heterocycles.